The zero-order chi connectivity index (χ0) is 12.9. The van der Waals surface area contributed by atoms with E-state index in [4.69, 9.17) is 16.9 Å². The molecule has 17 heavy (non-hydrogen) atoms. The van der Waals surface area contributed by atoms with Gasteiger partial charge in [-0.1, -0.05) is 22.9 Å². The van der Waals surface area contributed by atoms with Gasteiger partial charge in [-0.2, -0.15) is 5.26 Å². The highest BCUT2D eigenvalue weighted by Crippen LogP contribution is 2.25. The number of halogens is 1. The first kappa shape index (κ1) is 14.2. The topological polar surface area (TPSA) is 94.9 Å². The molecule has 0 radical (unpaired) electrons. The maximum absolute atomic E-state index is 10.8. The summed E-state index contributed by atoms with van der Waals surface area (Å²) in [5.41, 5.74) is 0. The van der Waals surface area contributed by atoms with Crippen LogP contribution in [0, 0.1) is 11.3 Å². The Morgan fingerprint density at radius 3 is 2.76 bits per heavy atom. The van der Waals surface area contributed by atoms with Crippen LogP contribution in [0.25, 0.3) is 0 Å². The molecule has 1 heterocycles. The molecule has 0 unspecified atom stereocenters. The van der Waals surface area contributed by atoms with Gasteiger partial charge in [0.2, 0.25) is 10.0 Å². The van der Waals surface area contributed by atoms with Crippen LogP contribution in [-0.4, -0.2) is 32.7 Å². The standard InChI is InChI=1S/C8H11ClN4O2S2/c1-17(14,15)12-4-2-3-11-8-13-7(9)6(5-10)16-8/h12H,2-4H2,1H3,(H,11,13). The van der Waals surface area contributed by atoms with E-state index >= 15 is 0 Å². The van der Waals surface area contributed by atoms with Gasteiger partial charge in [0.25, 0.3) is 0 Å². The molecule has 0 aliphatic rings. The molecular formula is C8H11ClN4O2S2. The van der Waals surface area contributed by atoms with Gasteiger partial charge in [0, 0.05) is 13.1 Å². The number of nitrogens with one attached hydrogen (secondary N) is 2. The maximum atomic E-state index is 10.8. The lowest BCUT2D eigenvalue weighted by atomic mass is 10.4. The van der Waals surface area contributed by atoms with Gasteiger partial charge in [0.15, 0.2) is 10.3 Å². The molecule has 0 aliphatic heterocycles. The molecule has 1 rings (SSSR count). The van der Waals surface area contributed by atoms with Crippen LogP contribution in [0.2, 0.25) is 5.15 Å². The summed E-state index contributed by atoms with van der Waals surface area (Å²) in [5, 5.41) is 12.4. The van der Waals surface area contributed by atoms with Crippen LogP contribution in [0.1, 0.15) is 11.3 Å². The lowest BCUT2D eigenvalue weighted by molar-refractivity contribution is 0.586. The van der Waals surface area contributed by atoms with Crippen LogP contribution in [0.15, 0.2) is 0 Å². The molecule has 6 nitrogen and oxygen atoms in total. The fourth-order valence-corrected chi connectivity index (χ4v) is 2.48. The van der Waals surface area contributed by atoms with Gasteiger partial charge in [-0.05, 0) is 6.42 Å². The highest BCUT2D eigenvalue weighted by molar-refractivity contribution is 7.88. The van der Waals surface area contributed by atoms with Crippen LogP contribution in [-0.2, 0) is 10.0 Å². The van der Waals surface area contributed by atoms with Crippen molar-refractivity contribution in [2.45, 2.75) is 6.42 Å². The molecule has 2 N–H and O–H groups in total. The van der Waals surface area contributed by atoms with Crippen molar-refractivity contribution in [2.24, 2.45) is 0 Å². The maximum Gasteiger partial charge on any atom is 0.208 e. The van der Waals surface area contributed by atoms with Crippen LogP contribution in [0.4, 0.5) is 5.13 Å². The molecule has 94 valence electrons. The van der Waals surface area contributed by atoms with Gasteiger partial charge in [-0.3, -0.25) is 0 Å². The first-order valence-corrected chi connectivity index (χ1v) is 7.76. The number of nitrogens with zero attached hydrogens (tertiary/aromatic N) is 2. The van der Waals surface area contributed by atoms with Gasteiger partial charge >= 0.3 is 0 Å². The molecule has 0 atom stereocenters. The van der Waals surface area contributed by atoms with E-state index in [9.17, 15) is 8.42 Å². The summed E-state index contributed by atoms with van der Waals surface area (Å²) >= 11 is 6.86. The molecule has 0 saturated carbocycles. The van der Waals surface area contributed by atoms with E-state index in [1.807, 2.05) is 6.07 Å². The van der Waals surface area contributed by atoms with Crippen molar-refractivity contribution < 1.29 is 8.42 Å². The predicted octanol–water partition coefficient (Wildman–Crippen LogP) is 1.02. The van der Waals surface area contributed by atoms with E-state index in [0.29, 0.717) is 29.5 Å². The number of aromatic nitrogens is 1. The summed E-state index contributed by atoms with van der Waals surface area (Å²) in [6.45, 7) is 0.910. The number of thiazole rings is 1. The summed E-state index contributed by atoms with van der Waals surface area (Å²) in [6, 6.07) is 1.93. The second-order valence-corrected chi connectivity index (χ2v) is 6.39. The van der Waals surface area contributed by atoms with Gasteiger partial charge < -0.3 is 5.32 Å². The third-order valence-electron chi connectivity index (χ3n) is 1.68. The average molecular weight is 295 g/mol. The number of anilines is 1. The Balaban J connectivity index is 2.30. The molecule has 9 heteroatoms. The minimum absolute atomic E-state index is 0.189. The summed E-state index contributed by atoms with van der Waals surface area (Å²) in [4.78, 5) is 4.30. The molecule has 0 spiro atoms. The Labute approximate surface area is 109 Å². The number of nitriles is 1. The largest absolute Gasteiger partial charge is 0.361 e. The van der Waals surface area contributed by atoms with Gasteiger partial charge in [0.05, 0.1) is 6.26 Å². The molecule has 0 aliphatic carbocycles. The smallest absolute Gasteiger partial charge is 0.208 e. The van der Waals surface area contributed by atoms with Crippen molar-refractivity contribution in [3.63, 3.8) is 0 Å². The quantitative estimate of drug-likeness (QED) is 0.764. The minimum atomic E-state index is -3.13. The van der Waals surface area contributed by atoms with Crippen molar-refractivity contribution in [3.8, 4) is 6.07 Å². The van der Waals surface area contributed by atoms with E-state index in [1.54, 1.807) is 0 Å². The van der Waals surface area contributed by atoms with Crippen LogP contribution in [0.5, 0.6) is 0 Å². The summed E-state index contributed by atoms with van der Waals surface area (Å²) in [5.74, 6) is 0. The van der Waals surface area contributed by atoms with E-state index < -0.39 is 10.0 Å². The van der Waals surface area contributed by atoms with E-state index in [0.717, 1.165) is 6.26 Å². The first-order chi connectivity index (χ1) is 7.92. The molecule has 0 bridgehead atoms. The summed E-state index contributed by atoms with van der Waals surface area (Å²) in [6.07, 6.45) is 1.73. The number of sulfonamides is 1. The van der Waals surface area contributed by atoms with Crippen molar-refractivity contribution in [1.29, 1.82) is 5.26 Å². The Hall–Kier alpha value is -0.880. The van der Waals surface area contributed by atoms with Crippen molar-refractivity contribution in [1.82, 2.24) is 9.71 Å². The second kappa shape index (κ2) is 6.16. The van der Waals surface area contributed by atoms with Crippen LogP contribution in [0.3, 0.4) is 0 Å². The fourth-order valence-electron chi connectivity index (χ4n) is 0.987. The summed E-state index contributed by atoms with van der Waals surface area (Å²) < 4.78 is 23.9. The molecule has 0 aromatic carbocycles. The highest BCUT2D eigenvalue weighted by atomic mass is 35.5. The van der Waals surface area contributed by atoms with Crippen LogP contribution < -0.4 is 10.0 Å². The van der Waals surface area contributed by atoms with E-state index in [2.05, 4.69) is 15.0 Å². The van der Waals surface area contributed by atoms with Crippen molar-refractivity contribution >= 4 is 38.1 Å². The Morgan fingerprint density at radius 2 is 2.24 bits per heavy atom. The second-order valence-electron chi connectivity index (χ2n) is 3.20. The van der Waals surface area contributed by atoms with Crippen LogP contribution >= 0.6 is 22.9 Å². The van der Waals surface area contributed by atoms with Gasteiger partial charge in [-0.15, -0.1) is 0 Å². The average Bonchev–Trinajstić information content (AvgIpc) is 2.57. The number of hydrogen-bond acceptors (Lipinski definition) is 6. The Morgan fingerprint density at radius 1 is 1.53 bits per heavy atom. The Kier molecular flexibility index (Phi) is 5.14. The predicted molar refractivity (Wildman–Crippen MR) is 67.8 cm³/mol. The normalized spacial score (nSPS) is 11.1. The zero-order valence-corrected chi connectivity index (χ0v) is 11.4. The molecule has 1 aromatic rings. The third kappa shape index (κ3) is 5.32. The molecule has 0 saturated heterocycles. The first-order valence-electron chi connectivity index (χ1n) is 4.67. The van der Waals surface area contributed by atoms with Gasteiger partial charge in [0.1, 0.15) is 10.9 Å². The minimum Gasteiger partial charge on any atom is -0.361 e. The monoisotopic (exact) mass is 294 g/mol. The molecule has 0 amide bonds. The SMILES string of the molecule is CS(=O)(=O)NCCCNc1nc(Cl)c(C#N)s1. The summed E-state index contributed by atoms with van der Waals surface area (Å²) in [7, 11) is -3.13. The number of hydrogen-bond donors (Lipinski definition) is 2. The lowest BCUT2D eigenvalue weighted by Crippen LogP contribution is -2.24. The van der Waals surface area contributed by atoms with Gasteiger partial charge in [-0.25, -0.2) is 18.1 Å². The van der Waals surface area contributed by atoms with E-state index in [-0.39, 0.29) is 5.15 Å². The molecular weight excluding hydrogens is 284 g/mol. The lowest BCUT2D eigenvalue weighted by Gasteiger charge is -2.02. The zero-order valence-electron chi connectivity index (χ0n) is 9.03. The van der Waals surface area contributed by atoms with Crippen molar-refractivity contribution in [3.05, 3.63) is 10.0 Å². The molecule has 1 aromatic heterocycles. The third-order valence-corrected chi connectivity index (χ3v) is 3.71. The Bertz CT molecular complexity index is 520. The van der Waals surface area contributed by atoms with E-state index in [1.165, 1.54) is 11.3 Å². The number of rotatable bonds is 6. The van der Waals surface area contributed by atoms with Crippen molar-refractivity contribution in [2.75, 3.05) is 24.7 Å². The molecule has 0 fully saturated rings. The fraction of sp³-hybridized carbons (Fsp3) is 0.500. The highest BCUT2D eigenvalue weighted by Gasteiger charge is 2.07.